The maximum atomic E-state index is 11.2. The smallest absolute Gasteiger partial charge is 0.337 e. The van der Waals surface area contributed by atoms with Gasteiger partial charge < -0.3 is 5.11 Å². The highest BCUT2D eigenvalue weighted by molar-refractivity contribution is 7.99. The van der Waals surface area contributed by atoms with Crippen molar-refractivity contribution in [2.24, 2.45) is 0 Å². The number of hydrogen-bond acceptors (Lipinski definition) is 6. The van der Waals surface area contributed by atoms with Crippen molar-refractivity contribution in [2.75, 3.05) is 0 Å². The number of carbonyl (C=O) groups is 1. The molecule has 2 aromatic rings. The molecule has 1 aromatic heterocycles. The fraction of sp³-hybridized carbons (Fsp3) is 0.0833. The van der Waals surface area contributed by atoms with E-state index in [1.165, 1.54) is 18.2 Å². The molecule has 0 saturated carbocycles. The van der Waals surface area contributed by atoms with Gasteiger partial charge in [-0.2, -0.15) is 0 Å². The predicted octanol–water partition coefficient (Wildman–Crippen LogP) is 2.54. The van der Waals surface area contributed by atoms with Crippen LogP contribution in [0.1, 0.15) is 15.9 Å². The average molecular weight is 291 g/mol. The number of carboxylic acids is 1. The molecule has 102 valence electrons. The second-order valence-electron chi connectivity index (χ2n) is 3.86. The Labute approximate surface area is 117 Å². The molecule has 0 atom stereocenters. The van der Waals surface area contributed by atoms with Crippen molar-refractivity contribution in [3.63, 3.8) is 0 Å². The Morgan fingerprint density at radius 1 is 1.35 bits per heavy atom. The van der Waals surface area contributed by atoms with Crippen LogP contribution in [0.2, 0.25) is 0 Å². The van der Waals surface area contributed by atoms with E-state index in [2.05, 4.69) is 9.97 Å². The van der Waals surface area contributed by atoms with Crippen molar-refractivity contribution in [1.82, 2.24) is 9.97 Å². The van der Waals surface area contributed by atoms with E-state index in [4.69, 9.17) is 5.11 Å². The third-order valence-electron chi connectivity index (χ3n) is 2.37. The van der Waals surface area contributed by atoms with Gasteiger partial charge in [0.05, 0.1) is 10.5 Å². The van der Waals surface area contributed by atoms with Crippen molar-refractivity contribution in [1.29, 1.82) is 0 Å². The molecule has 0 unspecified atom stereocenters. The number of nitro groups is 1. The summed E-state index contributed by atoms with van der Waals surface area (Å²) >= 11 is 0.861. The molecule has 0 aliphatic rings. The Morgan fingerprint density at radius 3 is 2.55 bits per heavy atom. The Hall–Kier alpha value is -2.48. The number of nitrogens with zero attached hydrogens (tertiary/aromatic N) is 3. The predicted molar refractivity (Wildman–Crippen MR) is 70.9 cm³/mol. The van der Waals surface area contributed by atoms with Gasteiger partial charge in [-0.3, -0.25) is 10.1 Å². The van der Waals surface area contributed by atoms with Crippen molar-refractivity contribution >= 4 is 23.4 Å². The third kappa shape index (κ3) is 2.91. The number of aromatic carboxylic acids is 1. The average Bonchev–Trinajstić information content (AvgIpc) is 2.41. The second kappa shape index (κ2) is 5.66. The molecule has 0 spiro atoms. The van der Waals surface area contributed by atoms with E-state index in [0.717, 1.165) is 17.3 Å². The molecule has 2 rings (SSSR count). The molecule has 0 bridgehead atoms. The summed E-state index contributed by atoms with van der Waals surface area (Å²) in [4.78, 5) is 29.6. The lowest BCUT2D eigenvalue weighted by Crippen LogP contribution is -2.02. The Kier molecular flexibility index (Phi) is 3.94. The van der Waals surface area contributed by atoms with E-state index in [9.17, 15) is 14.9 Å². The second-order valence-corrected chi connectivity index (χ2v) is 4.84. The number of rotatable bonds is 4. The van der Waals surface area contributed by atoms with Crippen molar-refractivity contribution in [3.8, 4) is 0 Å². The normalized spacial score (nSPS) is 10.2. The van der Waals surface area contributed by atoms with Crippen LogP contribution >= 0.6 is 11.8 Å². The van der Waals surface area contributed by atoms with Crippen LogP contribution in [0.4, 0.5) is 5.69 Å². The number of nitro benzene ring substituents is 1. The minimum atomic E-state index is -1.23. The van der Waals surface area contributed by atoms with Crippen LogP contribution in [-0.2, 0) is 0 Å². The highest BCUT2D eigenvalue weighted by Crippen LogP contribution is 2.35. The van der Waals surface area contributed by atoms with E-state index in [-0.39, 0.29) is 21.3 Å². The van der Waals surface area contributed by atoms with E-state index < -0.39 is 10.9 Å². The lowest BCUT2D eigenvalue weighted by atomic mass is 10.2. The molecule has 8 heteroatoms. The van der Waals surface area contributed by atoms with Crippen LogP contribution in [0.15, 0.2) is 40.6 Å². The van der Waals surface area contributed by atoms with Gasteiger partial charge in [0.15, 0.2) is 5.16 Å². The number of aromatic nitrogens is 2. The zero-order chi connectivity index (χ0) is 14.7. The fourth-order valence-electron chi connectivity index (χ4n) is 1.47. The quantitative estimate of drug-likeness (QED) is 0.524. The largest absolute Gasteiger partial charge is 0.478 e. The molecule has 20 heavy (non-hydrogen) atoms. The van der Waals surface area contributed by atoms with E-state index in [1.54, 1.807) is 12.4 Å². The van der Waals surface area contributed by atoms with Gasteiger partial charge in [0.1, 0.15) is 4.90 Å². The lowest BCUT2D eigenvalue weighted by Gasteiger charge is -2.05. The number of hydrogen-bond donors (Lipinski definition) is 1. The van der Waals surface area contributed by atoms with E-state index in [1.807, 2.05) is 6.92 Å². The fourth-order valence-corrected chi connectivity index (χ4v) is 2.37. The van der Waals surface area contributed by atoms with Crippen LogP contribution in [0, 0.1) is 17.0 Å². The zero-order valence-corrected chi connectivity index (χ0v) is 11.1. The van der Waals surface area contributed by atoms with Gasteiger partial charge in [-0.15, -0.1) is 0 Å². The number of aryl methyl sites for hydroxylation is 1. The van der Waals surface area contributed by atoms with Crippen LogP contribution in [0.25, 0.3) is 0 Å². The summed E-state index contributed by atoms with van der Waals surface area (Å²) in [5.41, 5.74) is 0.419. The highest BCUT2D eigenvalue weighted by atomic mass is 32.2. The number of benzene rings is 1. The Bertz CT molecular complexity index is 641. The molecule has 1 heterocycles. The first-order valence-corrected chi connectivity index (χ1v) is 6.28. The number of carboxylic acid groups (broad SMARTS) is 1. The molecular formula is C12H9N3O4S. The maximum Gasteiger partial charge on any atom is 0.337 e. The first-order valence-electron chi connectivity index (χ1n) is 5.46. The van der Waals surface area contributed by atoms with Gasteiger partial charge in [0, 0.05) is 18.5 Å². The minimum Gasteiger partial charge on any atom is -0.478 e. The molecule has 0 radical (unpaired) electrons. The van der Waals surface area contributed by atoms with E-state index in [0.29, 0.717) is 0 Å². The first kappa shape index (κ1) is 13.9. The summed E-state index contributed by atoms with van der Waals surface area (Å²) < 4.78 is 0. The molecular weight excluding hydrogens is 282 g/mol. The van der Waals surface area contributed by atoms with Crippen molar-refractivity contribution < 1.29 is 14.8 Å². The standard InChI is InChI=1S/C12H9N3O4S/c1-7-5-13-12(14-6-7)20-10-8(11(16)17)3-2-4-9(10)15(18)19/h2-6H,1H3,(H,16,17). The van der Waals surface area contributed by atoms with Crippen LogP contribution < -0.4 is 0 Å². The summed E-state index contributed by atoms with van der Waals surface area (Å²) in [6.45, 7) is 1.81. The topological polar surface area (TPSA) is 106 Å². The molecule has 7 nitrogen and oxygen atoms in total. The van der Waals surface area contributed by atoms with Gasteiger partial charge in [-0.05, 0) is 30.3 Å². The van der Waals surface area contributed by atoms with Crippen LogP contribution in [0.3, 0.4) is 0 Å². The van der Waals surface area contributed by atoms with E-state index >= 15 is 0 Å². The molecule has 0 saturated heterocycles. The van der Waals surface area contributed by atoms with Gasteiger partial charge >= 0.3 is 5.97 Å². The summed E-state index contributed by atoms with van der Waals surface area (Å²) in [7, 11) is 0. The Balaban J connectivity index is 2.50. The van der Waals surface area contributed by atoms with Crippen LogP contribution in [-0.4, -0.2) is 26.0 Å². The molecule has 0 aliphatic heterocycles. The molecule has 0 aliphatic carbocycles. The molecule has 0 amide bonds. The van der Waals surface area contributed by atoms with Crippen LogP contribution in [0.5, 0.6) is 0 Å². The van der Waals surface area contributed by atoms with Crippen molar-refractivity contribution in [2.45, 2.75) is 17.0 Å². The van der Waals surface area contributed by atoms with Gasteiger partial charge in [-0.25, -0.2) is 14.8 Å². The first-order chi connectivity index (χ1) is 9.49. The SMILES string of the molecule is Cc1cnc(Sc2c(C(=O)O)cccc2[N+](=O)[O-])nc1. The summed E-state index contributed by atoms with van der Waals surface area (Å²) in [5.74, 6) is -1.23. The third-order valence-corrected chi connectivity index (χ3v) is 3.40. The van der Waals surface area contributed by atoms with Gasteiger partial charge in [0.25, 0.3) is 5.69 Å². The Morgan fingerprint density at radius 2 is 2.00 bits per heavy atom. The molecule has 1 N–H and O–H groups in total. The monoisotopic (exact) mass is 291 g/mol. The van der Waals surface area contributed by atoms with Crippen molar-refractivity contribution in [3.05, 3.63) is 51.8 Å². The maximum absolute atomic E-state index is 11.2. The zero-order valence-electron chi connectivity index (χ0n) is 10.3. The lowest BCUT2D eigenvalue weighted by molar-refractivity contribution is -0.387. The molecule has 1 aromatic carbocycles. The summed E-state index contributed by atoms with van der Waals surface area (Å²) in [5, 5.41) is 20.4. The summed E-state index contributed by atoms with van der Waals surface area (Å²) in [6, 6.07) is 3.90. The summed E-state index contributed by atoms with van der Waals surface area (Å²) in [6.07, 6.45) is 3.12. The minimum absolute atomic E-state index is 0.0221. The molecule has 0 fully saturated rings. The highest BCUT2D eigenvalue weighted by Gasteiger charge is 2.23. The van der Waals surface area contributed by atoms with Gasteiger partial charge in [0.2, 0.25) is 0 Å². The van der Waals surface area contributed by atoms with Gasteiger partial charge in [-0.1, -0.05) is 6.07 Å².